The fourth-order valence-electron chi connectivity index (χ4n) is 2.13. The smallest absolute Gasteiger partial charge is 0.307 e. The second kappa shape index (κ2) is 4.87. The van der Waals surface area contributed by atoms with E-state index in [0.717, 1.165) is 10.0 Å². The van der Waals surface area contributed by atoms with Crippen LogP contribution in [0.3, 0.4) is 0 Å². The molecule has 1 aliphatic rings. The summed E-state index contributed by atoms with van der Waals surface area (Å²) in [4.78, 5) is 22.4. The van der Waals surface area contributed by atoms with Crippen molar-refractivity contribution >= 4 is 27.8 Å². The van der Waals surface area contributed by atoms with Crippen LogP contribution in [-0.2, 0) is 9.59 Å². The molecule has 0 radical (unpaired) electrons. The third kappa shape index (κ3) is 2.66. The number of halogens is 1. The molecule has 2 N–H and O–H groups in total. The van der Waals surface area contributed by atoms with Crippen LogP contribution in [0.15, 0.2) is 28.7 Å². The zero-order valence-corrected chi connectivity index (χ0v) is 10.6. The Labute approximate surface area is 107 Å². The van der Waals surface area contributed by atoms with Gasteiger partial charge >= 0.3 is 5.97 Å². The van der Waals surface area contributed by atoms with Crippen molar-refractivity contribution in [2.24, 2.45) is 5.92 Å². The minimum Gasteiger partial charge on any atom is -0.481 e. The number of hydrogen-bond donors (Lipinski definition) is 2. The maximum atomic E-state index is 11.2. The Morgan fingerprint density at radius 3 is 2.88 bits per heavy atom. The van der Waals surface area contributed by atoms with Gasteiger partial charge in [0.2, 0.25) is 5.91 Å². The lowest BCUT2D eigenvalue weighted by atomic mass is 9.81. The number of carbonyl (C=O) groups excluding carboxylic acids is 1. The molecule has 4 nitrogen and oxygen atoms in total. The fourth-order valence-corrected chi connectivity index (χ4v) is 2.54. The molecule has 90 valence electrons. The molecule has 0 spiro atoms. The molecule has 1 amide bonds. The number of nitrogens with one attached hydrogen (secondary N) is 1. The van der Waals surface area contributed by atoms with Crippen molar-refractivity contribution < 1.29 is 14.7 Å². The molecule has 17 heavy (non-hydrogen) atoms. The van der Waals surface area contributed by atoms with Crippen LogP contribution < -0.4 is 5.32 Å². The van der Waals surface area contributed by atoms with Crippen molar-refractivity contribution in [3.05, 3.63) is 34.3 Å². The van der Waals surface area contributed by atoms with Crippen LogP contribution in [0.1, 0.15) is 17.9 Å². The molecule has 0 aliphatic carbocycles. The van der Waals surface area contributed by atoms with E-state index < -0.39 is 11.9 Å². The maximum absolute atomic E-state index is 11.2. The maximum Gasteiger partial charge on any atom is 0.307 e. The highest BCUT2D eigenvalue weighted by Crippen LogP contribution is 2.31. The van der Waals surface area contributed by atoms with Gasteiger partial charge in [0.25, 0.3) is 0 Å². The standard InChI is InChI=1S/C12H12BrNO3/c13-8-3-1-2-7(4-8)10-6-14-11(15)5-9(10)12(16)17/h1-4,9-10H,5-6H2,(H,14,15)(H,16,17). The van der Waals surface area contributed by atoms with Gasteiger partial charge < -0.3 is 10.4 Å². The van der Waals surface area contributed by atoms with Gasteiger partial charge in [0.15, 0.2) is 0 Å². The number of carbonyl (C=O) groups is 2. The van der Waals surface area contributed by atoms with Crippen LogP contribution in [-0.4, -0.2) is 23.5 Å². The lowest BCUT2D eigenvalue weighted by Crippen LogP contribution is -2.42. The van der Waals surface area contributed by atoms with Gasteiger partial charge in [-0.25, -0.2) is 0 Å². The van der Waals surface area contributed by atoms with Crippen LogP contribution in [0.4, 0.5) is 0 Å². The highest BCUT2D eigenvalue weighted by Gasteiger charge is 2.35. The molecule has 2 atom stereocenters. The molecule has 5 heteroatoms. The fraction of sp³-hybridized carbons (Fsp3) is 0.333. The minimum absolute atomic E-state index is 0.0481. The van der Waals surface area contributed by atoms with Gasteiger partial charge in [0.05, 0.1) is 5.92 Å². The summed E-state index contributed by atoms with van der Waals surface area (Å²) in [5.74, 6) is -1.91. The molecule has 1 saturated heterocycles. The van der Waals surface area contributed by atoms with E-state index in [1.807, 2.05) is 24.3 Å². The summed E-state index contributed by atoms with van der Waals surface area (Å²) in [5.41, 5.74) is 0.937. The lowest BCUT2D eigenvalue weighted by molar-refractivity contribution is -0.146. The van der Waals surface area contributed by atoms with E-state index in [0.29, 0.717) is 6.54 Å². The summed E-state index contributed by atoms with van der Waals surface area (Å²) in [6.07, 6.45) is 0.0481. The molecule has 1 fully saturated rings. The average Bonchev–Trinajstić information content (AvgIpc) is 2.28. The number of rotatable bonds is 2. The first-order chi connectivity index (χ1) is 8.08. The number of amides is 1. The summed E-state index contributed by atoms with van der Waals surface area (Å²) >= 11 is 3.36. The number of benzene rings is 1. The molecular formula is C12H12BrNO3. The molecule has 1 aromatic carbocycles. The Kier molecular flexibility index (Phi) is 3.47. The quantitative estimate of drug-likeness (QED) is 0.874. The predicted molar refractivity (Wildman–Crippen MR) is 65.6 cm³/mol. The van der Waals surface area contributed by atoms with Crippen molar-refractivity contribution in [3.63, 3.8) is 0 Å². The zero-order valence-electron chi connectivity index (χ0n) is 9.02. The topological polar surface area (TPSA) is 66.4 Å². The Bertz CT molecular complexity index is 461. The number of carboxylic acids is 1. The zero-order chi connectivity index (χ0) is 12.4. The van der Waals surface area contributed by atoms with Crippen LogP contribution in [0.5, 0.6) is 0 Å². The Morgan fingerprint density at radius 1 is 1.47 bits per heavy atom. The summed E-state index contributed by atoms with van der Waals surface area (Å²) in [6.45, 7) is 0.381. The molecule has 0 aromatic heterocycles. The highest BCUT2D eigenvalue weighted by molar-refractivity contribution is 9.10. The average molecular weight is 298 g/mol. The molecular weight excluding hydrogens is 286 g/mol. The van der Waals surface area contributed by atoms with Crippen LogP contribution in [0.2, 0.25) is 0 Å². The lowest BCUT2D eigenvalue weighted by Gasteiger charge is -2.29. The van der Waals surface area contributed by atoms with Crippen LogP contribution >= 0.6 is 15.9 Å². The van der Waals surface area contributed by atoms with Gasteiger partial charge in [-0.2, -0.15) is 0 Å². The van der Waals surface area contributed by atoms with Gasteiger partial charge in [-0.1, -0.05) is 28.1 Å². The molecule has 0 saturated carbocycles. The summed E-state index contributed by atoms with van der Waals surface area (Å²) in [5, 5.41) is 11.9. The predicted octanol–water partition coefficient (Wildman–Crippen LogP) is 1.75. The normalized spacial score (nSPS) is 24.2. The van der Waals surface area contributed by atoms with E-state index in [9.17, 15) is 9.59 Å². The summed E-state index contributed by atoms with van der Waals surface area (Å²) < 4.78 is 0.913. The van der Waals surface area contributed by atoms with Gasteiger partial charge in [0, 0.05) is 23.4 Å². The molecule has 2 rings (SSSR count). The number of hydrogen-bond acceptors (Lipinski definition) is 2. The van der Waals surface area contributed by atoms with Crippen LogP contribution in [0.25, 0.3) is 0 Å². The molecule has 1 heterocycles. The van der Waals surface area contributed by atoms with E-state index in [-0.39, 0.29) is 18.2 Å². The first kappa shape index (κ1) is 12.1. The Hall–Kier alpha value is -1.36. The van der Waals surface area contributed by atoms with Crippen LogP contribution in [0, 0.1) is 5.92 Å². The Balaban J connectivity index is 2.29. The van der Waals surface area contributed by atoms with E-state index in [4.69, 9.17) is 5.11 Å². The first-order valence-corrected chi connectivity index (χ1v) is 6.12. The van der Waals surface area contributed by atoms with E-state index in [2.05, 4.69) is 21.2 Å². The highest BCUT2D eigenvalue weighted by atomic mass is 79.9. The first-order valence-electron chi connectivity index (χ1n) is 5.33. The van der Waals surface area contributed by atoms with Crippen molar-refractivity contribution in [1.82, 2.24) is 5.32 Å². The van der Waals surface area contributed by atoms with Gasteiger partial charge in [-0.15, -0.1) is 0 Å². The molecule has 1 aliphatic heterocycles. The summed E-state index contributed by atoms with van der Waals surface area (Å²) in [6, 6.07) is 7.55. The number of carboxylic acid groups (broad SMARTS) is 1. The largest absolute Gasteiger partial charge is 0.481 e. The molecule has 2 unspecified atom stereocenters. The van der Waals surface area contributed by atoms with Crippen molar-refractivity contribution in [3.8, 4) is 0 Å². The van der Waals surface area contributed by atoms with Gasteiger partial charge in [-0.05, 0) is 17.7 Å². The van der Waals surface area contributed by atoms with Crippen molar-refractivity contribution in [2.75, 3.05) is 6.54 Å². The van der Waals surface area contributed by atoms with E-state index in [1.165, 1.54) is 0 Å². The third-order valence-electron chi connectivity index (χ3n) is 3.00. The second-order valence-corrected chi connectivity index (χ2v) is 5.03. The van der Waals surface area contributed by atoms with E-state index in [1.54, 1.807) is 0 Å². The summed E-state index contributed by atoms with van der Waals surface area (Å²) in [7, 11) is 0. The SMILES string of the molecule is O=C1CC(C(=O)O)C(c2cccc(Br)c2)CN1. The number of aliphatic carboxylic acids is 1. The second-order valence-electron chi connectivity index (χ2n) is 4.11. The Morgan fingerprint density at radius 2 is 2.24 bits per heavy atom. The van der Waals surface area contributed by atoms with E-state index >= 15 is 0 Å². The molecule has 0 bridgehead atoms. The monoisotopic (exact) mass is 297 g/mol. The molecule has 1 aromatic rings. The number of piperidine rings is 1. The van der Waals surface area contributed by atoms with Crippen molar-refractivity contribution in [1.29, 1.82) is 0 Å². The minimum atomic E-state index is -0.912. The van der Waals surface area contributed by atoms with Crippen molar-refractivity contribution in [2.45, 2.75) is 12.3 Å². The van der Waals surface area contributed by atoms with Gasteiger partial charge in [0.1, 0.15) is 0 Å². The third-order valence-corrected chi connectivity index (χ3v) is 3.50. The van der Waals surface area contributed by atoms with Gasteiger partial charge in [-0.3, -0.25) is 9.59 Å².